The normalized spacial score (nSPS) is 36.3. The molecule has 60 valence electrons. The van der Waals surface area contributed by atoms with Crippen molar-refractivity contribution < 1.29 is 20.9 Å². The molecule has 0 bridgehead atoms. The fourth-order valence-electron chi connectivity index (χ4n) is 0.518. The molecule has 0 spiro atoms. The van der Waals surface area contributed by atoms with Crippen molar-refractivity contribution in [1.29, 1.82) is 0 Å². The van der Waals surface area contributed by atoms with Crippen LogP contribution in [0, 0.1) is 0 Å². The lowest BCUT2D eigenvalue weighted by Crippen LogP contribution is -2.34. The molecule has 0 amide bonds. The Balaban J connectivity index is 2.16. The molecule has 1 fully saturated rings. The Hall–Kier alpha value is 0.668. The number of rotatable bonds is 1. The largest absolute Gasteiger partial charge is 0.465 e. The average molecular weight is 214 g/mol. The van der Waals surface area contributed by atoms with E-state index in [1.54, 1.807) is 7.11 Å². The molecule has 0 unspecified atom stereocenters. The number of hydrogen-bond acceptors (Lipinski definition) is 5. The first-order valence-corrected chi connectivity index (χ1v) is 7.73. The Labute approximate surface area is 68.1 Å². The molecule has 1 aliphatic heterocycles. The zero-order valence-electron chi connectivity index (χ0n) is 5.74. The van der Waals surface area contributed by atoms with E-state index in [4.69, 9.17) is 20.9 Å². The second kappa shape index (κ2) is 5.34. The molecule has 0 atom stereocenters. The topological polar surface area (TPSA) is 46.2 Å². The Morgan fingerprint density at radius 3 is 2.20 bits per heavy atom. The van der Waals surface area contributed by atoms with Gasteiger partial charge in [-0.2, -0.15) is 0 Å². The molecule has 5 nitrogen and oxygen atoms in total. The van der Waals surface area contributed by atoms with E-state index in [9.17, 15) is 0 Å². The summed E-state index contributed by atoms with van der Waals surface area (Å²) in [5.41, 5.74) is 0. The van der Waals surface area contributed by atoms with E-state index < -0.39 is 39.5 Å². The standard InChI is InChI=1S/CH10O5Si4/c1-2-10-5-8-3-7-4-9-6-10/h10H,7-9H2,1H3. The summed E-state index contributed by atoms with van der Waals surface area (Å²) in [6.07, 6.45) is 0. The van der Waals surface area contributed by atoms with Gasteiger partial charge in [-0.05, 0) is 0 Å². The predicted octanol–water partition coefficient (Wildman–Crippen LogP) is -3.57. The van der Waals surface area contributed by atoms with Crippen molar-refractivity contribution in [3.8, 4) is 0 Å². The maximum absolute atomic E-state index is 5.23. The fourth-order valence-corrected chi connectivity index (χ4v) is 8.33. The highest BCUT2D eigenvalue weighted by molar-refractivity contribution is 6.56. The van der Waals surface area contributed by atoms with Crippen LogP contribution in [0.2, 0.25) is 0 Å². The van der Waals surface area contributed by atoms with E-state index in [2.05, 4.69) is 0 Å². The van der Waals surface area contributed by atoms with Gasteiger partial charge in [0.05, 0.1) is 0 Å². The summed E-state index contributed by atoms with van der Waals surface area (Å²) in [5.74, 6) is 0. The molecule has 10 heavy (non-hydrogen) atoms. The van der Waals surface area contributed by atoms with E-state index >= 15 is 0 Å². The molecule has 0 aromatic carbocycles. The predicted molar refractivity (Wildman–Crippen MR) is 44.1 cm³/mol. The minimum Gasteiger partial charge on any atom is -0.425 e. The lowest BCUT2D eigenvalue weighted by Gasteiger charge is -2.17. The highest BCUT2D eigenvalue weighted by atomic mass is 28.4. The monoisotopic (exact) mass is 214 g/mol. The SMILES string of the molecule is CO[SiH]1O[SiH2]O[SiH2]O[SiH2]O1. The molecule has 0 aromatic heterocycles. The molecule has 0 aromatic rings. The van der Waals surface area contributed by atoms with Gasteiger partial charge in [0, 0.05) is 7.11 Å². The van der Waals surface area contributed by atoms with Crippen LogP contribution >= 0.6 is 0 Å². The molecule has 0 saturated carbocycles. The van der Waals surface area contributed by atoms with E-state index in [0.717, 1.165) is 0 Å². The third-order valence-electron chi connectivity index (χ3n) is 0.934. The minimum absolute atomic E-state index is 0.739. The van der Waals surface area contributed by atoms with Crippen LogP contribution in [0.3, 0.4) is 0 Å². The molecule has 1 saturated heterocycles. The van der Waals surface area contributed by atoms with Gasteiger partial charge in [-0.25, -0.2) is 0 Å². The first-order valence-electron chi connectivity index (χ1n) is 2.85. The Morgan fingerprint density at radius 1 is 1.10 bits per heavy atom. The van der Waals surface area contributed by atoms with Gasteiger partial charge in [-0.15, -0.1) is 0 Å². The highest BCUT2D eigenvalue weighted by Gasteiger charge is 2.14. The van der Waals surface area contributed by atoms with Gasteiger partial charge >= 0.3 is 9.53 Å². The van der Waals surface area contributed by atoms with Gasteiger partial charge < -0.3 is 20.9 Å². The maximum Gasteiger partial charge on any atom is 0.465 e. The third-order valence-corrected chi connectivity index (χ3v) is 7.25. The Bertz CT molecular complexity index is 81.7. The van der Waals surface area contributed by atoms with Gasteiger partial charge in [0.15, 0.2) is 0 Å². The lowest BCUT2D eigenvalue weighted by molar-refractivity contribution is 0.220. The summed E-state index contributed by atoms with van der Waals surface area (Å²) in [4.78, 5) is 0. The molecule has 1 heterocycles. The molecule has 1 aliphatic rings. The van der Waals surface area contributed by atoms with Crippen molar-refractivity contribution in [1.82, 2.24) is 0 Å². The van der Waals surface area contributed by atoms with Gasteiger partial charge in [0.2, 0.25) is 0 Å². The Kier molecular flexibility index (Phi) is 4.67. The van der Waals surface area contributed by atoms with Gasteiger partial charge in [0.25, 0.3) is 30.0 Å². The quantitative estimate of drug-likeness (QED) is 0.423. The van der Waals surface area contributed by atoms with Gasteiger partial charge in [-0.3, -0.25) is 0 Å². The van der Waals surface area contributed by atoms with E-state index in [0.29, 0.717) is 0 Å². The van der Waals surface area contributed by atoms with Crippen molar-refractivity contribution in [2.45, 2.75) is 0 Å². The summed E-state index contributed by atoms with van der Waals surface area (Å²) in [7, 11) is -2.60. The van der Waals surface area contributed by atoms with Crippen molar-refractivity contribution in [3.63, 3.8) is 0 Å². The summed E-state index contributed by atoms with van der Waals surface area (Å²) in [6, 6.07) is 0. The van der Waals surface area contributed by atoms with Gasteiger partial charge in [0.1, 0.15) is 0 Å². The zero-order valence-corrected chi connectivity index (χ0v) is 11.1. The van der Waals surface area contributed by atoms with Crippen LogP contribution in [0.4, 0.5) is 0 Å². The van der Waals surface area contributed by atoms with Crippen LogP contribution < -0.4 is 0 Å². The molecular formula is CH10O5Si4. The van der Waals surface area contributed by atoms with Crippen LogP contribution in [0.1, 0.15) is 0 Å². The average Bonchev–Trinajstić information content (AvgIpc) is 1.87. The smallest absolute Gasteiger partial charge is 0.425 e. The molecule has 9 heteroatoms. The fraction of sp³-hybridized carbons (Fsp3) is 1.00. The number of hydrogen-bond donors (Lipinski definition) is 0. The zero-order chi connectivity index (χ0) is 7.23. The molecule has 0 aliphatic carbocycles. The van der Waals surface area contributed by atoms with E-state index in [1.165, 1.54) is 0 Å². The van der Waals surface area contributed by atoms with Crippen molar-refractivity contribution >= 4 is 39.5 Å². The molecular weight excluding hydrogens is 204 g/mol. The van der Waals surface area contributed by atoms with E-state index in [1.807, 2.05) is 0 Å². The Morgan fingerprint density at radius 2 is 1.70 bits per heavy atom. The van der Waals surface area contributed by atoms with Gasteiger partial charge in [-0.1, -0.05) is 0 Å². The highest BCUT2D eigenvalue weighted by Crippen LogP contribution is 1.91. The summed E-state index contributed by atoms with van der Waals surface area (Å²) >= 11 is 0. The van der Waals surface area contributed by atoms with E-state index in [-0.39, 0.29) is 0 Å². The molecule has 0 radical (unpaired) electrons. The van der Waals surface area contributed by atoms with Crippen molar-refractivity contribution in [3.05, 3.63) is 0 Å². The van der Waals surface area contributed by atoms with Crippen LogP contribution in [0.25, 0.3) is 0 Å². The van der Waals surface area contributed by atoms with Crippen LogP contribution in [-0.4, -0.2) is 46.7 Å². The second-order valence-corrected chi connectivity index (χ2v) is 9.31. The summed E-state index contributed by atoms with van der Waals surface area (Å²) in [5, 5.41) is 0. The second-order valence-electron chi connectivity index (χ2n) is 1.62. The van der Waals surface area contributed by atoms with Crippen LogP contribution in [-0.2, 0) is 20.9 Å². The first-order chi connectivity index (χ1) is 4.93. The van der Waals surface area contributed by atoms with Crippen molar-refractivity contribution in [2.24, 2.45) is 0 Å². The van der Waals surface area contributed by atoms with Crippen molar-refractivity contribution in [2.75, 3.05) is 7.11 Å². The maximum atomic E-state index is 5.23. The lowest BCUT2D eigenvalue weighted by atomic mass is 11.8. The summed E-state index contributed by atoms with van der Waals surface area (Å²) in [6.45, 7) is 0. The summed E-state index contributed by atoms with van der Waals surface area (Å²) < 4.78 is 25.7. The van der Waals surface area contributed by atoms with Crippen LogP contribution in [0.5, 0.6) is 0 Å². The molecule has 1 rings (SSSR count). The molecule has 0 N–H and O–H groups in total. The third kappa shape index (κ3) is 3.18. The van der Waals surface area contributed by atoms with Crippen LogP contribution in [0.15, 0.2) is 0 Å². The minimum atomic E-state index is -1.78. The first kappa shape index (κ1) is 8.76.